The molecule has 1 rings (SSSR count). The molecule has 0 amide bonds. The molecule has 15 heavy (non-hydrogen) atoms. The van der Waals surface area contributed by atoms with Crippen molar-refractivity contribution in [1.29, 1.82) is 0 Å². The lowest BCUT2D eigenvalue weighted by atomic mass is 10.2. The van der Waals surface area contributed by atoms with Crippen LogP contribution in [0.2, 0.25) is 0 Å². The van der Waals surface area contributed by atoms with Gasteiger partial charge < -0.3 is 0 Å². The van der Waals surface area contributed by atoms with Gasteiger partial charge in [-0.2, -0.15) is 0 Å². The van der Waals surface area contributed by atoms with Gasteiger partial charge in [-0.15, -0.1) is 0 Å². The molecule has 3 nitrogen and oxygen atoms in total. The van der Waals surface area contributed by atoms with Crippen molar-refractivity contribution in [3.8, 4) is 0 Å². The van der Waals surface area contributed by atoms with E-state index in [0.717, 1.165) is 0 Å². The second-order valence-electron chi connectivity index (χ2n) is 3.38. The molecule has 1 aromatic carbocycles. The number of Topliss-reactive ketones (excluding diaryl/α,β-unsaturated/α-hetero) is 1. The van der Waals surface area contributed by atoms with Crippen LogP contribution in [0, 0.1) is 0 Å². The highest BCUT2D eigenvalue weighted by Gasteiger charge is 2.16. The summed E-state index contributed by atoms with van der Waals surface area (Å²) >= 11 is 0. The summed E-state index contributed by atoms with van der Waals surface area (Å²) in [5.41, 5.74) is 0.456. The van der Waals surface area contributed by atoms with E-state index in [1.807, 2.05) is 0 Å². The zero-order valence-electron chi connectivity index (χ0n) is 8.64. The molecule has 0 radical (unpaired) electrons. The molecule has 0 unspecified atom stereocenters. The fraction of sp³-hybridized carbons (Fsp3) is 0.364. The number of carbonyl (C=O) groups excluding carboxylic acids is 1. The van der Waals surface area contributed by atoms with E-state index < -0.39 is 9.84 Å². The molecule has 0 saturated carbocycles. The molecule has 0 aliphatic carbocycles. The van der Waals surface area contributed by atoms with Gasteiger partial charge in [0, 0.05) is 5.56 Å². The van der Waals surface area contributed by atoms with Gasteiger partial charge in [0.15, 0.2) is 15.6 Å². The molecule has 0 bridgehead atoms. The van der Waals surface area contributed by atoms with Crippen LogP contribution in [0.5, 0.6) is 0 Å². The van der Waals surface area contributed by atoms with Gasteiger partial charge >= 0.3 is 0 Å². The molecule has 1 aromatic rings. The smallest absolute Gasteiger partial charge is 0.177 e. The monoisotopic (exact) mass is 226 g/mol. The van der Waals surface area contributed by atoms with Gasteiger partial charge in [0.1, 0.15) is 5.75 Å². The number of rotatable bonds is 5. The summed E-state index contributed by atoms with van der Waals surface area (Å²) in [6.45, 7) is 1.78. The van der Waals surface area contributed by atoms with E-state index in [0.29, 0.717) is 12.0 Å². The fourth-order valence-corrected chi connectivity index (χ4v) is 2.62. The molecule has 0 saturated heterocycles. The van der Waals surface area contributed by atoms with Crippen LogP contribution in [-0.4, -0.2) is 25.7 Å². The summed E-state index contributed by atoms with van der Waals surface area (Å²) in [7, 11) is -3.23. The molecule has 4 heteroatoms. The summed E-state index contributed by atoms with van der Waals surface area (Å²) in [5.74, 6) is -0.639. The van der Waals surface area contributed by atoms with Gasteiger partial charge in [-0.25, -0.2) is 8.42 Å². The second kappa shape index (κ2) is 5.07. The molecule has 0 spiro atoms. The lowest BCUT2D eigenvalue weighted by Gasteiger charge is -2.01. The Balaban J connectivity index is 2.73. The fourth-order valence-electron chi connectivity index (χ4n) is 1.29. The van der Waals surface area contributed by atoms with E-state index in [9.17, 15) is 13.2 Å². The molecule has 0 atom stereocenters. The van der Waals surface area contributed by atoms with Crippen LogP contribution in [0.15, 0.2) is 30.3 Å². The van der Waals surface area contributed by atoms with Gasteiger partial charge in [-0.1, -0.05) is 37.3 Å². The first-order valence-electron chi connectivity index (χ1n) is 4.84. The van der Waals surface area contributed by atoms with Crippen LogP contribution >= 0.6 is 0 Å². The van der Waals surface area contributed by atoms with E-state index in [4.69, 9.17) is 0 Å². The molecular weight excluding hydrogens is 212 g/mol. The topological polar surface area (TPSA) is 51.2 Å². The molecule has 0 aliphatic rings. The standard InChI is InChI=1S/C11H14O3S/c1-2-8-15(13,14)9-11(12)10-6-4-3-5-7-10/h3-7H,2,8-9H2,1H3. The summed E-state index contributed by atoms with van der Waals surface area (Å²) in [4.78, 5) is 11.6. The quantitative estimate of drug-likeness (QED) is 0.718. The largest absolute Gasteiger partial charge is 0.293 e. The maximum absolute atomic E-state index is 11.6. The van der Waals surface area contributed by atoms with Crippen LogP contribution < -0.4 is 0 Å². The van der Waals surface area contributed by atoms with Crippen molar-refractivity contribution >= 4 is 15.6 Å². The maximum Gasteiger partial charge on any atom is 0.177 e. The molecular formula is C11H14O3S. The van der Waals surface area contributed by atoms with Crippen molar-refractivity contribution in [1.82, 2.24) is 0 Å². The molecule has 0 aromatic heterocycles. The predicted molar refractivity (Wildman–Crippen MR) is 59.7 cm³/mol. The van der Waals surface area contributed by atoms with Crippen molar-refractivity contribution < 1.29 is 13.2 Å². The number of ketones is 1. The first-order chi connectivity index (χ1) is 7.05. The summed E-state index contributed by atoms with van der Waals surface area (Å²) in [5, 5.41) is 0. The van der Waals surface area contributed by atoms with Gasteiger partial charge in [0.05, 0.1) is 5.75 Å². The van der Waals surface area contributed by atoms with Crippen molar-refractivity contribution in [3.05, 3.63) is 35.9 Å². The predicted octanol–water partition coefficient (Wildman–Crippen LogP) is 1.69. The molecule has 0 heterocycles. The Morgan fingerprint density at radius 3 is 2.33 bits per heavy atom. The van der Waals surface area contributed by atoms with Crippen molar-refractivity contribution in [2.75, 3.05) is 11.5 Å². The Bertz CT molecular complexity index is 420. The SMILES string of the molecule is CCCS(=O)(=O)CC(=O)c1ccccc1. The summed E-state index contributed by atoms with van der Waals surface area (Å²) < 4.78 is 22.8. The third-order valence-electron chi connectivity index (χ3n) is 1.96. The van der Waals surface area contributed by atoms with Crippen molar-refractivity contribution in [2.45, 2.75) is 13.3 Å². The number of sulfone groups is 1. The lowest BCUT2D eigenvalue weighted by molar-refractivity contribution is 0.102. The number of benzene rings is 1. The first-order valence-corrected chi connectivity index (χ1v) is 6.66. The normalized spacial score (nSPS) is 11.3. The van der Waals surface area contributed by atoms with E-state index in [-0.39, 0.29) is 17.3 Å². The van der Waals surface area contributed by atoms with E-state index in [1.165, 1.54) is 0 Å². The van der Waals surface area contributed by atoms with Crippen molar-refractivity contribution in [2.24, 2.45) is 0 Å². The third-order valence-corrected chi connectivity index (χ3v) is 3.69. The van der Waals surface area contributed by atoms with E-state index in [1.54, 1.807) is 37.3 Å². The third kappa shape index (κ3) is 3.83. The van der Waals surface area contributed by atoms with Gasteiger partial charge in [0.2, 0.25) is 0 Å². The average molecular weight is 226 g/mol. The second-order valence-corrected chi connectivity index (χ2v) is 5.57. The minimum Gasteiger partial charge on any atom is -0.293 e. The summed E-state index contributed by atoms with van der Waals surface area (Å²) in [6, 6.07) is 8.49. The average Bonchev–Trinajstić information content (AvgIpc) is 2.18. The van der Waals surface area contributed by atoms with Crippen LogP contribution in [0.3, 0.4) is 0 Å². The maximum atomic E-state index is 11.6. The zero-order valence-corrected chi connectivity index (χ0v) is 9.46. The minimum atomic E-state index is -3.23. The first kappa shape index (κ1) is 11.9. The molecule has 0 aliphatic heterocycles. The molecule has 0 N–H and O–H groups in total. The van der Waals surface area contributed by atoms with Gasteiger partial charge in [0.25, 0.3) is 0 Å². The number of hydrogen-bond acceptors (Lipinski definition) is 3. The Kier molecular flexibility index (Phi) is 4.03. The highest BCUT2D eigenvalue weighted by Crippen LogP contribution is 2.03. The van der Waals surface area contributed by atoms with E-state index in [2.05, 4.69) is 0 Å². The van der Waals surface area contributed by atoms with Gasteiger partial charge in [-0.05, 0) is 6.42 Å². The minimum absolute atomic E-state index is 0.0750. The highest BCUT2D eigenvalue weighted by molar-refractivity contribution is 7.92. The number of carbonyl (C=O) groups is 1. The Labute approximate surface area is 90.0 Å². The molecule has 0 fully saturated rings. The van der Waals surface area contributed by atoms with Gasteiger partial charge in [-0.3, -0.25) is 4.79 Å². The highest BCUT2D eigenvalue weighted by atomic mass is 32.2. The van der Waals surface area contributed by atoms with Crippen LogP contribution in [0.25, 0.3) is 0 Å². The Morgan fingerprint density at radius 2 is 1.80 bits per heavy atom. The van der Waals surface area contributed by atoms with Crippen LogP contribution in [0.1, 0.15) is 23.7 Å². The molecule has 82 valence electrons. The lowest BCUT2D eigenvalue weighted by Crippen LogP contribution is -2.18. The van der Waals surface area contributed by atoms with Crippen LogP contribution in [0.4, 0.5) is 0 Å². The Hall–Kier alpha value is -1.16. The summed E-state index contributed by atoms with van der Waals surface area (Å²) in [6.07, 6.45) is 0.546. The van der Waals surface area contributed by atoms with E-state index >= 15 is 0 Å². The Morgan fingerprint density at radius 1 is 1.20 bits per heavy atom. The zero-order chi connectivity index (χ0) is 11.3. The van der Waals surface area contributed by atoms with Crippen LogP contribution in [-0.2, 0) is 9.84 Å². The number of hydrogen-bond donors (Lipinski definition) is 0. The van der Waals surface area contributed by atoms with Crippen molar-refractivity contribution in [3.63, 3.8) is 0 Å².